The van der Waals surface area contributed by atoms with E-state index in [1.54, 1.807) is 19.4 Å². The molecule has 0 bridgehead atoms. The van der Waals surface area contributed by atoms with Gasteiger partial charge in [0.2, 0.25) is 0 Å². The Morgan fingerprint density at radius 3 is 2.74 bits per heavy atom. The third kappa shape index (κ3) is 3.51. The summed E-state index contributed by atoms with van der Waals surface area (Å²) in [4.78, 5) is 22.3. The van der Waals surface area contributed by atoms with Crippen molar-refractivity contribution in [3.63, 3.8) is 0 Å². The van der Waals surface area contributed by atoms with Crippen molar-refractivity contribution in [2.24, 2.45) is 0 Å². The van der Waals surface area contributed by atoms with Crippen molar-refractivity contribution in [1.29, 1.82) is 0 Å². The number of rotatable bonds is 4. The van der Waals surface area contributed by atoms with Gasteiger partial charge in [0.15, 0.2) is 5.13 Å². The molecule has 3 aromatic heterocycles. The van der Waals surface area contributed by atoms with Gasteiger partial charge in [-0.3, -0.25) is 10.1 Å². The Morgan fingerprint density at radius 1 is 1.07 bits per heavy atom. The minimum Gasteiger partial charge on any atom is -0.496 e. The molecule has 9 heteroatoms. The predicted octanol–water partition coefficient (Wildman–Crippen LogP) is 4.17. The van der Waals surface area contributed by atoms with Crippen LogP contribution < -0.4 is 10.1 Å². The monoisotopic (exact) mass is 441 g/mol. The number of anilines is 1. The van der Waals surface area contributed by atoms with Gasteiger partial charge in [0.25, 0.3) is 5.91 Å². The van der Waals surface area contributed by atoms with E-state index in [1.165, 1.54) is 17.5 Å². The number of pyridine rings is 1. The molecule has 1 amide bonds. The van der Waals surface area contributed by atoms with Crippen LogP contribution in [-0.4, -0.2) is 33.2 Å². The Morgan fingerprint density at radius 2 is 1.89 bits per heavy atom. The quantitative estimate of drug-likeness (QED) is 0.477. The highest BCUT2D eigenvalue weighted by Crippen LogP contribution is 2.32. The van der Waals surface area contributed by atoms with Crippen molar-refractivity contribution in [1.82, 2.24) is 20.2 Å². The summed E-state index contributed by atoms with van der Waals surface area (Å²) in [5, 5.41) is 11.1. The maximum atomic E-state index is 12.9. The molecule has 0 saturated heterocycles. The number of thiazole rings is 1. The molecule has 134 valence electrons. The first-order valence-corrected chi connectivity index (χ1v) is 9.45. The third-order valence-corrected chi connectivity index (χ3v) is 5.14. The summed E-state index contributed by atoms with van der Waals surface area (Å²) in [6, 6.07) is 11.1. The van der Waals surface area contributed by atoms with Crippen LogP contribution in [0.15, 0.2) is 53.4 Å². The number of para-hydroxylation sites is 1. The van der Waals surface area contributed by atoms with Crippen molar-refractivity contribution in [3.8, 4) is 16.9 Å². The molecule has 4 rings (SSSR count). The number of ether oxygens (including phenoxy) is 1. The molecule has 4 aromatic rings. The second kappa shape index (κ2) is 7.37. The Labute approximate surface area is 166 Å². The van der Waals surface area contributed by atoms with Gasteiger partial charge in [-0.15, -0.1) is 0 Å². The molecule has 3 heterocycles. The molecule has 0 aliphatic heterocycles. The second-order valence-electron chi connectivity index (χ2n) is 5.45. The lowest BCUT2D eigenvalue weighted by atomic mass is 10.0. The van der Waals surface area contributed by atoms with Gasteiger partial charge in [0.1, 0.15) is 20.7 Å². The van der Waals surface area contributed by atoms with Crippen LogP contribution >= 0.6 is 27.3 Å². The van der Waals surface area contributed by atoms with Gasteiger partial charge in [-0.2, -0.15) is 10.2 Å². The Balaban J connectivity index is 1.70. The number of carbonyl (C=O) groups is 1. The van der Waals surface area contributed by atoms with Gasteiger partial charge < -0.3 is 4.74 Å². The summed E-state index contributed by atoms with van der Waals surface area (Å²) in [5.41, 5.74) is 2.48. The summed E-state index contributed by atoms with van der Waals surface area (Å²) >= 11 is 4.63. The molecule has 0 spiro atoms. The van der Waals surface area contributed by atoms with Crippen molar-refractivity contribution in [2.75, 3.05) is 12.4 Å². The van der Waals surface area contributed by atoms with Gasteiger partial charge >= 0.3 is 0 Å². The summed E-state index contributed by atoms with van der Waals surface area (Å²) in [7, 11) is 1.58. The summed E-state index contributed by atoms with van der Waals surface area (Å²) in [6.45, 7) is 0. The fraction of sp³-hybridized carbons (Fsp3) is 0.0556. The number of nitrogens with one attached hydrogen (secondary N) is 1. The molecule has 0 atom stereocenters. The first kappa shape index (κ1) is 17.5. The lowest BCUT2D eigenvalue weighted by molar-refractivity contribution is 0.102. The number of hydrogen-bond donors (Lipinski definition) is 1. The molecular weight excluding hydrogens is 430 g/mol. The van der Waals surface area contributed by atoms with Crippen LogP contribution in [0.4, 0.5) is 5.13 Å². The van der Waals surface area contributed by atoms with Crippen LogP contribution in [0.3, 0.4) is 0 Å². The van der Waals surface area contributed by atoms with Gasteiger partial charge in [-0.1, -0.05) is 29.5 Å². The van der Waals surface area contributed by atoms with E-state index in [4.69, 9.17) is 4.74 Å². The Kier molecular flexibility index (Phi) is 4.78. The number of benzene rings is 1. The van der Waals surface area contributed by atoms with E-state index in [2.05, 4.69) is 41.4 Å². The third-order valence-electron chi connectivity index (χ3n) is 3.81. The zero-order valence-electron chi connectivity index (χ0n) is 14.0. The molecule has 0 saturated carbocycles. The smallest absolute Gasteiger partial charge is 0.259 e. The largest absolute Gasteiger partial charge is 0.496 e. The maximum Gasteiger partial charge on any atom is 0.259 e. The lowest BCUT2D eigenvalue weighted by Gasteiger charge is -2.11. The van der Waals surface area contributed by atoms with Gasteiger partial charge in [0.05, 0.1) is 25.1 Å². The SMILES string of the molecule is COc1ccccc1-c1cnncc1C(=O)Nc1nc2ccc(Br)nc2s1. The summed E-state index contributed by atoms with van der Waals surface area (Å²) in [5.74, 6) is 0.317. The van der Waals surface area contributed by atoms with Crippen molar-refractivity contribution >= 4 is 48.7 Å². The number of methoxy groups -OCH3 is 1. The van der Waals surface area contributed by atoms with Crippen molar-refractivity contribution in [2.45, 2.75) is 0 Å². The van der Waals surface area contributed by atoms with Gasteiger partial charge in [0, 0.05) is 11.1 Å². The lowest BCUT2D eigenvalue weighted by Crippen LogP contribution is -2.14. The highest BCUT2D eigenvalue weighted by atomic mass is 79.9. The first-order chi connectivity index (χ1) is 13.2. The van der Waals surface area contributed by atoms with E-state index in [0.29, 0.717) is 26.6 Å². The molecule has 1 N–H and O–H groups in total. The number of nitrogens with zero attached hydrogens (tertiary/aromatic N) is 4. The van der Waals surface area contributed by atoms with Gasteiger partial charge in [-0.25, -0.2) is 9.97 Å². The van der Waals surface area contributed by atoms with Crippen LogP contribution in [0.25, 0.3) is 21.5 Å². The molecule has 0 aliphatic rings. The van der Waals surface area contributed by atoms with Crippen LogP contribution in [0.2, 0.25) is 0 Å². The predicted molar refractivity (Wildman–Crippen MR) is 107 cm³/mol. The van der Waals surface area contributed by atoms with Gasteiger partial charge in [-0.05, 0) is 34.1 Å². The fourth-order valence-corrected chi connectivity index (χ4v) is 3.86. The van der Waals surface area contributed by atoms with Crippen LogP contribution in [0.1, 0.15) is 10.4 Å². The molecule has 27 heavy (non-hydrogen) atoms. The zero-order valence-corrected chi connectivity index (χ0v) is 16.4. The topological polar surface area (TPSA) is 89.9 Å². The summed E-state index contributed by atoms with van der Waals surface area (Å²) in [6.07, 6.45) is 2.98. The number of carbonyl (C=O) groups excluding carboxylic acids is 1. The normalized spacial score (nSPS) is 10.7. The zero-order chi connectivity index (χ0) is 18.8. The van der Waals surface area contributed by atoms with Crippen molar-refractivity contribution in [3.05, 3.63) is 59.0 Å². The number of hydrogen-bond acceptors (Lipinski definition) is 7. The number of fused-ring (bicyclic) bond motifs is 1. The van der Waals surface area contributed by atoms with E-state index >= 15 is 0 Å². The molecule has 0 aliphatic carbocycles. The second-order valence-corrected chi connectivity index (χ2v) is 7.24. The Hall–Kier alpha value is -2.91. The van der Waals surface area contributed by atoms with E-state index in [1.807, 2.05) is 30.3 Å². The molecule has 0 fully saturated rings. The molecule has 1 aromatic carbocycles. The Bertz CT molecular complexity index is 1150. The molecule has 0 radical (unpaired) electrons. The van der Waals surface area contributed by atoms with E-state index in [-0.39, 0.29) is 5.91 Å². The number of aromatic nitrogens is 4. The number of amides is 1. The highest BCUT2D eigenvalue weighted by molar-refractivity contribution is 9.10. The van der Waals surface area contributed by atoms with Crippen molar-refractivity contribution < 1.29 is 9.53 Å². The average molecular weight is 442 g/mol. The molecule has 0 unspecified atom stereocenters. The first-order valence-electron chi connectivity index (χ1n) is 7.84. The fourth-order valence-electron chi connectivity index (χ4n) is 2.60. The maximum absolute atomic E-state index is 12.9. The summed E-state index contributed by atoms with van der Waals surface area (Å²) < 4.78 is 6.12. The standard InChI is InChI=1S/C18H12BrN5O2S/c1-26-14-5-3-2-4-10(14)11-8-20-21-9-12(11)16(25)24-18-22-13-6-7-15(19)23-17(13)27-18/h2-9H,1H3,(H,22,24,25). The minimum atomic E-state index is -0.330. The van der Waals surface area contributed by atoms with E-state index < -0.39 is 0 Å². The average Bonchev–Trinajstić information content (AvgIpc) is 3.09. The van der Waals surface area contributed by atoms with E-state index in [0.717, 1.165) is 15.9 Å². The van der Waals surface area contributed by atoms with E-state index in [9.17, 15) is 4.79 Å². The number of halogens is 1. The van der Waals surface area contributed by atoms with Crippen LogP contribution in [0, 0.1) is 0 Å². The molecule has 7 nitrogen and oxygen atoms in total. The van der Waals surface area contributed by atoms with Crippen LogP contribution in [0.5, 0.6) is 5.75 Å². The highest BCUT2D eigenvalue weighted by Gasteiger charge is 2.18. The molecular formula is C18H12BrN5O2S. The van der Waals surface area contributed by atoms with Crippen LogP contribution in [-0.2, 0) is 0 Å². The minimum absolute atomic E-state index is 0.330.